The van der Waals surface area contributed by atoms with Crippen LogP contribution in [-0.4, -0.2) is 28.0 Å². The van der Waals surface area contributed by atoms with Gasteiger partial charge in [-0.3, -0.25) is 15.0 Å². The number of anilines is 1. The SMILES string of the molecule is [C-]#[N+]/C(C#N)=C1C=C(/C=C/c2cc3c4c(c2)C2(CCN4CCC34C3Cc5nc(-c6ccccc6)ccc5C4C3)C3Cc4nc(-c5ccccc5)ccc4C2C3)OC(C2C3Cc4cc(-c5ccccc5)ncc4C2C3)=C/1. The summed E-state index contributed by atoms with van der Waals surface area (Å²) in [7, 11) is 0. The third-order valence-corrected chi connectivity index (χ3v) is 20.1. The van der Waals surface area contributed by atoms with Crippen LogP contribution in [0.4, 0.5) is 5.69 Å². The molecule has 6 aliphatic carbocycles. The van der Waals surface area contributed by atoms with Gasteiger partial charge in [0, 0.05) is 69.8 Å². The fourth-order valence-electron chi connectivity index (χ4n) is 16.6. The summed E-state index contributed by atoms with van der Waals surface area (Å²) >= 11 is 0. The van der Waals surface area contributed by atoms with Crippen LogP contribution in [0.3, 0.4) is 0 Å². The molecule has 7 heteroatoms. The van der Waals surface area contributed by atoms with Crippen molar-refractivity contribution in [1.82, 2.24) is 15.0 Å². The Morgan fingerprint density at radius 2 is 1.25 bits per heavy atom. The van der Waals surface area contributed by atoms with Crippen LogP contribution >= 0.6 is 0 Å². The van der Waals surface area contributed by atoms with E-state index in [-0.39, 0.29) is 28.4 Å². The van der Waals surface area contributed by atoms with E-state index in [1.54, 1.807) is 0 Å². The zero-order chi connectivity index (χ0) is 49.6. The van der Waals surface area contributed by atoms with Gasteiger partial charge in [0.15, 0.2) is 0 Å². The van der Waals surface area contributed by atoms with Gasteiger partial charge in [-0.1, -0.05) is 109 Å². The van der Waals surface area contributed by atoms with Gasteiger partial charge in [0.1, 0.15) is 11.5 Å². The van der Waals surface area contributed by atoms with E-state index in [1.165, 1.54) is 80.0 Å². The molecule has 0 amide bonds. The highest BCUT2D eigenvalue weighted by Crippen LogP contribution is 2.72. The summed E-state index contributed by atoms with van der Waals surface area (Å²) in [6.07, 6.45) is 19.1. The number of hydrogen-bond donors (Lipinski definition) is 0. The predicted molar refractivity (Wildman–Crippen MR) is 293 cm³/mol. The standard InChI is InChI=1S/C68H54N6O/c1-70-63(38-69)45-30-49(75-64(33-45)65-46-29-44-32-60(43-15-9-4-10-16-43)71-39-53(44)52(65)31-46)18-17-40-27-56-66-57(28-40)68(48-35-55(68)51-20-22-59(73-62(51)37-48)42-13-7-3-8-14-42)24-26-74(66)25-23-67(56)47-34-54(67)50-19-21-58(72-61(50)36-47)41-11-5-2-6-12-41/h2-22,27-28,30,32-33,39,46-48,52,54-55,65H,23-26,29,31,34-37H2/b18-17+,63-45-. The van der Waals surface area contributed by atoms with Crippen molar-refractivity contribution in [1.29, 1.82) is 5.26 Å². The number of allylic oxidation sites excluding steroid dienone is 6. The molecule has 4 aromatic carbocycles. The zero-order valence-corrected chi connectivity index (χ0v) is 41.8. The van der Waals surface area contributed by atoms with E-state index in [4.69, 9.17) is 26.3 Å². The van der Waals surface area contributed by atoms with Crippen molar-refractivity contribution in [3.63, 3.8) is 0 Å². The molecule has 3 aromatic heterocycles. The second-order valence-corrected chi connectivity index (χ2v) is 23.1. The van der Waals surface area contributed by atoms with Crippen LogP contribution in [0.25, 0.3) is 44.7 Å². The van der Waals surface area contributed by atoms with Gasteiger partial charge >= 0.3 is 0 Å². The number of ether oxygens (including phenoxy) is 1. The van der Waals surface area contributed by atoms with Crippen molar-refractivity contribution in [3.8, 4) is 39.8 Å². The van der Waals surface area contributed by atoms with Crippen molar-refractivity contribution in [2.24, 2.45) is 23.7 Å². The quantitative estimate of drug-likeness (QED) is 0.122. The van der Waals surface area contributed by atoms with Crippen LogP contribution in [-0.2, 0) is 34.8 Å². The Morgan fingerprint density at radius 1 is 0.667 bits per heavy atom. The molecule has 2 spiro atoms. The summed E-state index contributed by atoms with van der Waals surface area (Å²) in [6, 6.07) is 50.7. The maximum absolute atomic E-state index is 10.3. The van der Waals surface area contributed by atoms with Crippen molar-refractivity contribution in [2.75, 3.05) is 18.0 Å². The number of nitriles is 1. The molecule has 6 heterocycles. The minimum atomic E-state index is 0.0353. The number of benzene rings is 4. The Kier molecular flexibility index (Phi) is 9.34. The van der Waals surface area contributed by atoms with Crippen LogP contribution in [0.2, 0.25) is 0 Å². The van der Waals surface area contributed by atoms with E-state index in [9.17, 15) is 5.26 Å². The molecule has 9 aliphatic rings. The van der Waals surface area contributed by atoms with E-state index in [0.717, 1.165) is 80.0 Å². The molecular weight excluding hydrogens is 917 g/mol. The normalized spacial score (nSPS) is 29.1. The molecule has 9 unspecified atom stereocenters. The third-order valence-electron chi connectivity index (χ3n) is 20.1. The molecule has 6 bridgehead atoms. The van der Waals surface area contributed by atoms with E-state index < -0.39 is 0 Å². The number of nitrogens with zero attached hydrogens (tertiary/aromatic N) is 6. The summed E-state index contributed by atoms with van der Waals surface area (Å²) in [5.74, 6) is 4.24. The van der Waals surface area contributed by atoms with Crippen molar-refractivity contribution in [3.05, 3.63) is 242 Å². The molecule has 7 nitrogen and oxygen atoms in total. The number of aromatic nitrogens is 3. The second-order valence-electron chi connectivity index (χ2n) is 23.1. The predicted octanol–water partition coefficient (Wildman–Crippen LogP) is 14.2. The van der Waals surface area contributed by atoms with Gasteiger partial charge in [0.25, 0.3) is 5.70 Å². The fraction of sp³-hybridized carbons (Fsp3) is 0.279. The van der Waals surface area contributed by atoms with Crippen LogP contribution in [0.15, 0.2) is 181 Å². The van der Waals surface area contributed by atoms with Crippen molar-refractivity contribution in [2.45, 2.75) is 80.0 Å². The van der Waals surface area contributed by atoms with E-state index in [2.05, 4.69) is 162 Å². The van der Waals surface area contributed by atoms with Crippen LogP contribution < -0.4 is 4.90 Å². The number of pyridine rings is 3. The average Bonchev–Trinajstić information content (AvgIpc) is 3.49. The average molecular weight is 971 g/mol. The first-order valence-electron chi connectivity index (χ1n) is 27.4. The molecule has 0 N–H and O–H groups in total. The summed E-state index contributed by atoms with van der Waals surface area (Å²) in [4.78, 5) is 22.2. The van der Waals surface area contributed by atoms with Gasteiger partial charge in [-0.15, -0.1) is 0 Å². The molecule has 3 saturated carbocycles. The van der Waals surface area contributed by atoms with Crippen LogP contribution in [0.5, 0.6) is 0 Å². The summed E-state index contributed by atoms with van der Waals surface area (Å²) in [6.45, 7) is 10.2. The highest BCUT2D eigenvalue weighted by molar-refractivity contribution is 5.77. The zero-order valence-electron chi connectivity index (χ0n) is 41.8. The largest absolute Gasteiger partial charge is 0.461 e. The van der Waals surface area contributed by atoms with Crippen LogP contribution in [0, 0.1) is 41.6 Å². The summed E-state index contributed by atoms with van der Waals surface area (Å²) in [5, 5.41) is 10.3. The molecule has 7 aromatic rings. The first-order valence-corrected chi connectivity index (χ1v) is 27.4. The summed E-state index contributed by atoms with van der Waals surface area (Å²) < 4.78 is 7.00. The fourth-order valence-corrected chi connectivity index (χ4v) is 16.6. The van der Waals surface area contributed by atoms with Gasteiger partial charge in [-0.2, -0.15) is 0 Å². The molecule has 0 radical (unpaired) electrons. The lowest BCUT2D eigenvalue weighted by Crippen LogP contribution is -2.63. The molecule has 362 valence electrons. The molecule has 3 aliphatic heterocycles. The lowest BCUT2D eigenvalue weighted by atomic mass is 9.39. The topological polar surface area (TPSA) is 79.3 Å². The molecule has 75 heavy (non-hydrogen) atoms. The molecular formula is C68H54N6O. The minimum absolute atomic E-state index is 0.0353. The maximum Gasteiger partial charge on any atom is 0.269 e. The second kappa shape index (κ2) is 16.2. The Hall–Kier alpha value is -8.13. The third kappa shape index (κ3) is 6.22. The lowest BCUT2D eigenvalue weighted by Gasteiger charge is -2.67. The van der Waals surface area contributed by atoms with E-state index in [1.807, 2.05) is 18.2 Å². The van der Waals surface area contributed by atoms with Gasteiger partial charge < -0.3 is 9.64 Å². The van der Waals surface area contributed by atoms with Crippen LogP contribution in [0.1, 0.15) is 100 Å². The van der Waals surface area contributed by atoms with Gasteiger partial charge in [-0.25, -0.2) is 10.1 Å². The highest BCUT2D eigenvalue weighted by atomic mass is 16.5. The highest BCUT2D eigenvalue weighted by Gasteiger charge is 2.66. The molecule has 9 atom stereocenters. The van der Waals surface area contributed by atoms with Gasteiger partial charge in [0.05, 0.1) is 29.7 Å². The monoisotopic (exact) mass is 970 g/mol. The molecule has 0 saturated heterocycles. The van der Waals surface area contributed by atoms with E-state index in [0.29, 0.717) is 40.9 Å². The van der Waals surface area contributed by atoms with E-state index >= 15 is 0 Å². The maximum atomic E-state index is 10.3. The molecule has 16 rings (SSSR count). The first-order chi connectivity index (χ1) is 37.0. The number of fused-ring (bicyclic) bond motifs is 8. The lowest BCUT2D eigenvalue weighted by molar-refractivity contribution is 0.0350. The number of hydrogen-bond acceptors (Lipinski definition) is 6. The summed E-state index contributed by atoms with van der Waals surface area (Å²) in [5.41, 5.74) is 21.4. The Morgan fingerprint density at radius 3 is 1.83 bits per heavy atom. The van der Waals surface area contributed by atoms with Gasteiger partial charge in [0.2, 0.25) is 0 Å². The first kappa shape index (κ1) is 43.3. The van der Waals surface area contributed by atoms with Crippen molar-refractivity contribution < 1.29 is 4.74 Å². The van der Waals surface area contributed by atoms with Crippen molar-refractivity contribution >= 4 is 11.8 Å². The smallest absolute Gasteiger partial charge is 0.269 e. The number of rotatable bonds is 6. The minimum Gasteiger partial charge on any atom is -0.461 e. The Balaban J connectivity index is 0.789. The Labute approximate surface area is 438 Å². The Bertz CT molecular complexity index is 3640. The molecule has 3 fully saturated rings. The van der Waals surface area contributed by atoms with Gasteiger partial charge in [-0.05, 0) is 180 Å².